The van der Waals surface area contributed by atoms with Gasteiger partial charge in [-0.05, 0) is 31.0 Å². The number of aromatic amines is 1. The van der Waals surface area contributed by atoms with Gasteiger partial charge in [0.1, 0.15) is 11.5 Å². The first kappa shape index (κ1) is 14.5. The van der Waals surface area contributed by atoms with Gasteiger partial charge in [-0.3, -0.25) is 10.1 Å². The number of pyridine rings is 1. The Hall–Kier alpha value is -3.09. The van der Waals surface area contributed by atoms with Crippen molar-refractivity contribution < 1.29 is 9.21 Å². The number of fused-ring (bicyclic) bond motifs is 1. The summed E-state index contributed by atoms with van der Waals surface area (Å²) in [5.74, 6) is 0.962. The summed E-state index contributed by atoms with van der Waals surface area (Å²) >= 11 is 0. The lowest BCUT2D eigenvalue weighted by atomic mass is 9.93. The number of hydrogen-bond acceptors (Lipinski definition) is 4. The van der Waals surface area contributed by atoms with E-state index >= 15 is 0 Å². The smallest absolute Gasteiger partial charge is 0.319 e. The first-order valence-electron chi connectivity index (χ1n) is 7.90. The van der Waals surface area contributed by atoms with E-state index in [1.54, 1.807) is 18.7 Å². The van der Waals surface area contributed by atoms with Crippen molar-refractivity contribution in [2.45, 2.75) is 25.3 Å². The molecule has 0 aliphatic heterocycles. The lowest BCUT2D eigenvalue weighted by Gasteiger charge is -2.22. The minimum atomic E-state index is -0.271. The van der Waals surface area contributed by atoms with Gasteiger partial charge >= 0.3 is 6.03 Å². The average molecular weight is 323 g/mol. The molecule has 3 aromatic heterocycles. The number of urea groups is 1. The maximum absolute atomic E-state index is 12.4. The summed E-state index contributed by atoms with van der Waals surface area (Å²) in [6, 6.07) is 7.21. The van der Waals surface area contributed by atoms with Crippen LogP contribution < -0.4 is 10.6 Å². The molecule has 0 aromatic carbocycles. The summed E-state index contributed by atoms with van der Waals surface area (Å²) in [5.41, 5.74) is 3.06. The summed E-state index contributed by atoms with van der Waals surface area (Å²) in [6.45, 7) is 0. The topological polar surface area (TPSA) is 95.8 Å². The van der Waals surface area contributed by atoms with Crippen LogP contribution in [0, 0.1) is 0 Å². The second-order valence-corrected chi connectivity index (χ2v) is 5.72. The monoisotopic (exact) mass is 323 g/mol. The molecule has 0 fully saturated rings. The van der Waals surface area contributed by atoms with Crippen molar-refractivity contribution in [3.05, 3.63) is 54.2 Å². The van der Waals surface area contributed by atoms with Crippen LogP contribution >= 0.6 is 0 Å². The number of carbonyl (C=O) groups is 1. The summed E-state index contributed by atoms with van der Waals surface area (Å²) in [7, 11) is 0. The highest BCUT2D eigenvalue weighted by Gasteiger charge is 2.24. The van der Waals surface area contributed by atoms with Gasteiger partial charge in [-0.15, -0.1) is 0 Å². The zero-order valence-electron chi connectivity index (χ0n) is 13.0. The maximum atomic E-state index is 12.4. The molecule has 1 aliphatic carbocycles. The van der Waals surface area contributed by atoms with Crippen LogP contribution in [-0.4, -0.2) is 21.2 Å². The van der Waals surface area contributed by atoms with Crippen LogP contribution in [0.4, 0.5) is 10.5 Å². The highest BCUT2D eigenvalue weighted by molar-refractivity contribution is 5.93. The molecule has 0 spiro atoms. The van der Waals surface area contributed by atoms with E-state index in [2.05, 4.69) is 25.8 Å². The Labute approximate surface area is 138 Å². The molecule has 3 N–H and O–H groups in total. The fourth-order valence-electron chi connectivity index (χ4n) is 3.04. The molecule has 0 saturated heterocycles. The summed E-state index contributed by atoms with van der Waals surface area (Å²) in [6.07, 6.45) is 7.77. The Morgan fingerprint density at radius 2 is 2.29 bits per heavy atom. The second kappa shape index (κ2) is 6.19. The third-order valence-electron chi connectivity index (χ3n) is 4.17. The Bertz CT molecular complexity index is 840. The van der Waals surface area contributed by atoms with Crippen molar-refractivity contribution in [2.75, 3.05) is 5.32 Å². The zero-order valence-corrected chi connectivity index (χ0v) is 13.0. The molecule has 3 aromatic rings. The van der Waals surface area contributed by atoms with Crippen LogP contribution in [0.3, 0.4) is 0 Å². The Morgan fingerprint density at radius 1 is 1.33 bits per heavy atom. The number of H-pyrrole nitrogens is 1. The summed E-state index contributed by atoms with van der Waals surface area (Å²) < 4.78 is 5.46. The van der Waals surface area contributed by atoms with E-state index in [1.807, 2.05) is 24.3 Å². The Kier molecular flexibility index (Phi) is 3.74. The number of amides is 2. The van der Waals surface area contributed by atoms with E-state index in [0.717, 1.165) is 36.3 Å². The van der Waals surface area contributed by atoms with Crippen molar-refractivity contribution in [1.82, 2.24) is 20.5 Å². The molecule has 2 amide bonds. The Morgan fingerprint density at radius 3 is 3.17 bits per heavy atom. The average Bonchev–Trinajstić information content (AvgIpc) is 3.25. The van der Waals surface area contributed by atoms with Crippen LogP contribution in [0.25, 0.3) is 11.4 Å². The number of aryl methyl sites for hydroxylation is 1. The zero-order chi connectivity index (χ0) is 16.4. The molecule has 4 rings (SSSR count). The molecular weight excluding hydrogens is 306 g/mol. The van der Waals surface area contributed by atoms with Gasteiger partial charge in [-0.2, -0.15) is 5.10 Å². The normalized spacial score (nSPS) is 16.4. The SMILES string of the molecule is O=C(Nc1cn[nH]c1-c1ccccn1)NC1CCCc2occc21. The fourth-order valence-corrected chi connectivity index (χ4v) is 3.04. The van der Waals surface area contributed by atoms with Crippen molar-refractivity contribution in [3.8, 4) is 11.4 Å². The number of nitrogens with one attached hydrogen (secondary N) is 3. The van der Waals surface area contributed by atoms with E-state index in [9.17, 15) is 4.79 Å². The standard InChI is InChI=1S/C17H17N5O2/c23-17(20-12-5-3-6-15-11(12)7-9-24-15)21-14-10-19-22-16(14)13-4-1-2-8-18-13/h1-2,4,7-10,12H,3,5-6H2,(H,19,22)(H2,20,21,23). The lowest BCUT2D eigenvalue weighted by molar-refractivity contribution is 0.246. The predicted molar refractivity (Wildman–Crippen MR) is 88.4 cm³/mol. The van der Waals surface area contributed by atoms with Gasteiger partial charge in [-0.25, -0.2) is 4.79 Å². The molecule has 7 nitrogen and oxygen atoms in total. The molecule has 24 heavy (non-hydrogen) atoms. The molecule has 1 aliphatic rings. The van der Waals surface area contributed by atoms with Crippen LogP contribution in [0.1, 0.15) is 30.2 Å². The van der Waals surface area contributed by atoms with Crippen LogP contribution in [0.5, 0.6) is 0 Å². The highest BCUT2D eigenvalue weighted by atomic mass is 16.3. The molecule has 0 saturated carbocycles. The van der Waals surface area contributed by atoms with E-state index < -0.39 is 0 Å². The van der Waals surface area contributed by atoms with Crippen molar-refractivity contribution in [1.29, 1.82) is 0 Å². The fraction of sp³-hybridized carbons (Fsp3) is 0.235. The van der Waals surface area contributed by atoms with Crippen molar-refractivity contribution in [3.63, 3.8) is 0 Å². The van der Waals surface area contributed by atoms with E-state index in [-0.39, 0.29) is 12.1 Å². The molecular formula is C17H17N5O2. The lowest BCUT2D eigenvalue weighted by Crippen LogP contribution is -2.34. The van der Waals surface area contributed by atoms with Crippen LogP contribution in [0.2, 0.25) is 0 Å². The number of anilines is 1. The summed E-state index contributed by atoms with van der Waals surface area (Å²) in [5, 5.41) is 12.7. The van der Waals surface area contributed by atoms with E-state index in [0.29, 0.717) is 11.4 Å². The maximum Gasteiger partial charge on any atom is 0.319 e. The summed E-state index contributed by atoms with van der Waals surface area (Å²) in [4.78, 5) is 16.7. The highest BCUT2D eigenvalue weighted by Crippen LogP contribution is 2.30. The van der Waals surface area contributed by atoms with Gasteiger partial charge in [-0.1, -0.05) is 6.07 Å². The molecule has 1 atom stereocenters. The first-order valence-corrected chi connectivity index (χ1v) is 7.90. The number of hydrogen-bond donors (Lipinski definition) is 3. The second-order valence-electron chi connectivity index (χ2n) is 5.72. The van der Waals surface area contributed by atoms with Gasteiger partial charge in [0.25, 0.3) is 0 Å². The van der Waals surface area contributed by atoms with Crippen molar-refractivity contribution >= 4 is 11.7 Å². The molecule has 0 radical (unpaired) electrons. The van der Waals surface area contributed by atoms with Gasteiger partial charge in [0, 0.05) is 18.2 Å². The number of nitrogens with zero attached hydrogens (tertiary/aromatic N) is 2. The van der Waals surface area contributed by atoms with Gasteiger partial charge in [0.05, 0.1) is 29.9 Å². The minimum Gasteiger partial charge on any atom is -0.469 e. The number of carbonyl (C=O) groups excluding carboxylic acids is 1. The Balaban J connectivity index is 1.48. The molecule has 3 heterocycles. The van der Waals surface area contributed by atoms with Crippen LogP contribution in [-0.2, 0) is 6.42 Å². The molecule has 0 bridgehead atoms. The third-order valence-corrected chi connectivity index (χ3v) is 4.17. The quantitative estimate of drug-likeness (QED) is 0.689. The molecule has 122 valence electrons. The van der Waals surface area contributed by atoms with Gasteiger partial charge in [0.15, 0.2) is 0 Å². The largest absolute Gasteiger partial charge is 0.469 e. The molecule has 7 heteroatoms. The number of furan rings is 1. The van der Waals surface area contributed by atoms with E-state index in [1.165, 1.54) is 0 Å². The van der Waals surface area contributed by atoms with E-state index in [4.69, 9.17) is 4.42 Å². The minimum absolute atomic E-state index is 0.0299. The first-order chi connectivity index (χ1) is 11.8. The third kappa shape index (κ3) is 2.76. The van der Waals surface area contributed by atoms with Crippen LogP contribution in [0.15, 0.2) is 47.3 Å². The molecule has 1 unspecified atom stereocenters. The number of aromatic nitrogens is 3. The predicted octanol–water partition coefficient (Wildman–Crippen LogP) is 3.26. The number of rotatable bonds is 3. The van der Waals surface area contributed by atoms with Gasteiger partial charge in [0.2, 0.25) is 0 Å². The van der Waals surface area contributed by atoms with Gasteiger partial charge < -0.3 is 15.1 Å². The van der Waals surface area contributed by atoms with Crippen molar-refractivity contribution in [2.24, 2.45) is 0 Å².